The van der Waals surface area contributed by atoms with E-state index in [1.54, 1.807) is 67.2 Å². The van der Waals surface area contributed by atoms with Gasteiger partial charge in [0.2, 0.25) is 15.9 Å². The number of imidazole rings is 1. The van der Waals surface area contributed by atoms with Gasteiger partial charge in [-0.2, -0.15) is 4.31 Å². The fourth-order valence-corrected chi connectivity index (χ4v) is 5.49. The molecule has 0 bridgehead atoms. The highest BCUT2D eigenvalue weighted by Gasteiger charge is 2.33. The highest BCUT2D eigenvalue weighted by molar-refractivity contribution is 7.89. The van der Waals surface area contributed by atoms with Gasteiger partial charge in [0.1, 0.15) is 0 Å². The molecule has 30 heavy (non-hydrogen) atoms. The first-order valence-corrected chi connectivity index (χ1v) is 11.2. The van der Waals surface area contributed by atoms with E-state index in [0.717, 1.165) is 11.0 Å². The molecule has 9 heteroatoms. The van der Waals surface area contributed by atoms with Gasteiger partial charge in [0, 0.05) is 32.9 Å². The van der Waals surface area contributed by atoms with Crippen LogP contribution in [0.1, 0.15) is 12.8 Å². The summed E-state index contributed by atoms with van der Waals surface area (Å²) in [5.41, 5.74) is 1.94. The predicted octanol–water partition coefficient (Wildman–Crippen LogP) is 1.92. The summed E-state index contributed by atoms with van der Waals surface area (Å²) in [6, 6.07) is 13.6. The molecule has 0 radical (unpaired) electrons. The molecule has 1 aliphatic rings. The molecular weight excluding hydrogens is 404 g/mol. The minimum absolute atomic E-state index is 0.137. The van der Waals surface area contributed by atoms with Crippen LogP contribution in [0.15, 0.2) is 58.2 Å². The average Bonchev–Trinajstić information content (AvgIpc) is 2.98. The lowest BCUT2D eigenvalue weighted by atomic mass is 9.98. The minimum atomic E-state index is -3.63. The number of hydrogen-bond donors (Lipinski definition) is 1. The van der Waals surface area contributed by atoms with Gasteiger partial charge in [-0.25, -0.2) is 13.2 Å². The van der Waals surface area contributed by atoms with Crippen LogP contribution in [0, 0.1) is 5.92 Å². The number of sulfonamides is 1. The number of aryl methyl sites for hydroxylation is 2. The highest BCUT2D eigenvalue weighted by Crippen LogP contribution is 2.25. The number of nitrogens with one attached hydrogen (secondary N) is 1. The molecule has 2 heterocycles. The summed E-state index contributed by atoms with van der Waals surface area (Å²) in [6.45, 7) is 0.550. The molecule has 1 amide bonds. The molecule has 1 N–H and O–H groups in total. The van der Waals surface area contributed by atoms with Crippen molar-refractivity contribution in [2.45, 2.75) is 17.7 Å². The van der Waals surface area contributed by atoms with Crippen molar-refractivity contribution in [3.05, 3.63) is 59.0 Å². The standard InChI is InChI=1S/C21H24N4O4S/c1-23-18-11-10-16(13-19(18)24(2)21(23)27)22-20(26)15-7-6-12-25(14-15)30(28,29)17-8-4-3-5-9-17/h3-5,8-11,13,15H,6-7,12,14H2,1-2H3,(H,22,26). The van der Waals surface area contributed by atoms with Gasteiger partial charge in [0.15, 0.2) is 0 Å². The molecule has 1 aliphatic heterocycles. The zero-order chi connectivity index (χ0) is 21.5. The van der Waals surface area contributed by atoms with Crippen LogP contribution in [0.5, 0.6) is 0 Å². The van der Waals surface area contributed by atoms with Crippen molar-refractivity contribution in [3.63, 3.8) is 0 Å². The van der Waals surface area contributed by atoms with Crippen molar-refractivity contribution in [2.24, 2.45) is 20.0 Å². The molecule has 1 unspecified atom stereocenters. The maximum absolute atomic E-state index is 12.9. The third-order valence-electron chi connectivity index (χ3n) is 5.68. The summed E-state index contributed by atoms with van der Waals surface area (Å²) in [6.07, 6.45) is 1.25. The zero-order valence-corrected chi connectivity index (χ0v) is 17.7. The normalized spacial score (nSPS) is 17.9. The second-order valence-corrected chi connectivity index (χ2v) is 9.55. The van der Waals surface area contributed by atoms with E-state index in [0.29, 0.717) is 25.1 Å². The SMILES string of the molecule is Cn1c(=O)n(C)c2cc(NC(=O)C3CCCN(S(=O)(=O)c4ccccc4)C3)ccc21. The molecule has 3 aromatic rings. The van der Waals surface area contributed by atoms with Gasteiger partial charge in [0.05, 0.1) is 21.8 Å². The van der Waals surface area contributed by atoms with E-state index >= 15 is 0 Å². The number of aromatic nitrogens is 2. The molecule has 0 aliphatic carbocycles. The van der Waals surface area contributed by atoms with Crippen LogP contribution in [-0.4, -0.2) is 40.9 Å². The van der Waals surface area contributed by atoms with E-state index in [1.165, 1.54) is 8.87 Å². The smallest absolute Gasteiger partial charge is 0.326 e. The number of rotatable bonds is 4. The maximum atomic E-state index is 12.9. The lowest BCUT2D eigenvalue weighted by Gasteiger charge is -2.31. The number of piperidine rings is 1. The van der Waals surface area contributed by atoms with Gasteiger partial charge in [-0.3, -0.25) is 13.9 Å². The lowest BCUT2D eigenvalue weighted by Crippen LogP contribution is -2.43. The Labute approximate surface area is 174 Å². The highest BCUT2D eigenvalue weighted by atomic mass is 32.2. The predicted molar refractivity (Wildman–Crippen MR) is 115 cm³/mol. The fourth-order valence-electron chi connectivity index (χ4n) is 3.95. The van der Waals surface area contributed by atoms with Gasteiger partial charge in [0.25, 0.3) is 0 Å². The average molecular weight is 429 g/mol. The second kappa shape index (κ2) is 7.73. The quantitative estimate of drug-likeness (QED) is 0.687. The van der Waals surface area contributed by atoms with Gasteiger partial charge in [-0.15, -0.1) is 0 Å². The number of amides is 1. The summed E-state index contributed by atoms with van der Waals surface area (Å²) < 4.78 is 30.2. The van der Waals surface area contributed by atoms with Crippen LogP contribution in [0.4, 0.5) is 5.69 Å². The molecule has 8 nitrogen and oxygen atoms in total. The number of fused-ring (bicyclic) bond motifs is 1. The molecule has 0 spiro atoms. The maximum Gasteiger partial charge on any atom is 0.328 e. The van der Waals surface area contributed by atoms with E-state index < -0.39 is 15.9 Å². The summed E-state index contributed by atoms with van der Waals surface area (Å²) >= 11 is 0. The van der Waals surface area contributed by atoms with Crippen LogP contribution in [0.25, 0.3) is 11.0 Å². The Bertz CT molecular complexity index is 1260. The Morgan fingerprint density at radius 2 is 1.73 bits per heavy atom. The summed E-state index contributed by atoms with van der Waals surface area (Å²) in [7, 11) is -0.240. The Kier molecular flexibility index (Phi) is 5.25. The van der Waals surface area contributed by atoms with Crippen molar-refractivity contribution < 1.29 is 13.2 Å². The number of benzene rings is 2. The third-order valence-corrected chi connectivity index (χ3v) is 7.55. The van der Waals surface area contributed by atoms with Crippen molar-refractivity contribution in [1.29, 1.82) is 0 Å². The van der Waals surface area contributed by atoms with Gasteiger partial charge < -0.3 is 5.32 Å². The molecule has 2 aromatic carbocycles. The van der Waals surface area contributed by atoms with Gasteiger partial charge >= 0.3 is 5.69 Å². The minimum Gasteiger partial charge on any atom is -0.326 e. The number of hydrogen-bond acceptors (Lipinski definition) is 4. The Morgan fingerprint density at radius 1 is 1.03 bits per heavy atom. The van der Waals surface area contributed by atoms with Crippen LogP contribution < -0.4 is 11.0 Å². The first-order chi connectivity index (χ1) is 14.3. The first kappa shape index (κ1) is 20.4. The number of carbonyl (C=O) groups excluding carboxylic acids is 1. The number of anilines is 1. The van der Waals surface area contributed by atoms with Crippen molar-refractivity contribution in [1.82, 2.24) is 13.4 Å². The van der Waals surface area contributed by atoms with E-state index in [-0.39, 0.29) is 23.0 Å². The van der Waals surface area contributed by atoms with Gasteiger partial charge in [-0.05, 0) is 43.2 Å². The molecule has 4 rings (SSSR count). The molecule has 1 fully saturated rings. The van der Waals surface area contributed by atoms with Crippen molar-refractivity contribution >= 4 is 32.7 Å². The topological polar surface area (TPSA) is 93.4 Å². The Hall–Kier alpha value is -2.91. The largest absolute Gasteiger partial charge is 0.328 e. The summed E-state index contributed by atoms with van der Waals surface area (Å²) in [5, 5.41) is 2.89. The fraction of sp³-hybridized carbons (Fsp3) is 0.333. The molecule has 158 valence electrons. The first-order valence-electron chi connectivity index (χ1n) is 9.80. The number of nitrogens with zero attached hydrogens (tertiary/aromatic N) is 3. The van der Waals surface area contributed by atoms with E-state index in [1.807, 2.05) is 0 Å². The Balaban J connectivity index is 1.52. The zero-order valence-electron chi connectivity index (χ0n) is 16.9. The summed E-state index contributed by atoms with van der Waals surface area (Å²) in [5.74, 6) is -0.657. The van der Waals surface area contributed by atoms with Crippen molar-refractivity contribution in [2.75, 3.05) is 18.4 Å². The van der Waals surface area contributed by atoms with E-state index in [4.69, 9.17) is 0 Å². The monoisotopic (exact) mass is 428 g/mol. The number of carbonyl (C=O) groups is 1. The second-order valence-electron chi connectivity index (χ2n) is 7.61. The van der Waals surface area contributed by atoms with Crippen LogP contribution in [0.3, 0.4) is 0 Å². The third kappa shape index (κ3) is 3.54. The summed E-state index contributed by atoms with van der Waals surface area (Å²) in [4.78, 5) is 25.2. The molecule has 1 saturated heterocycles. The van der Waals surface area contributed by atoms with E-state index in [2.05, 4.69) is 5.32 Å². The Morgan fingerprint density at radius 3 is 2.47 bits per heavy atom. The molecule has 1 aromatic heterocycles. The van der Waals surface area contributed by atoms with Crippen LogP contribution >= 0.6 is 0 Å². The van der Waals surface area contributed by atoms with Crippen LogP contribution in [-0.2, 0) is 28.9 Å². The van der Waals surface area contributed by atoms with Crippen LogP contribution in [0.2, 0.25) is 0 Å². The lowest BCUT2D eigenvalue weighted by molar-refractivity contribution is -0.120. The van der Waals surface area contributed by atoms with Crippen molar-refractivity contribution in [3.8, 4) is 0 Å². The van der Waals surface area contributed by atoms with E-state index in [9.17, 15) is 18.0 Å². The molecule has 1 atom stereocenters. The van der Waals surface area contributed by atoms with Gasteiger partial charge in [-0.1, -0.05) is 18.2 Å². The molecule has 0 saturated carbocycles. The molecular formula is C21H24N4O4S.